The molecule has 2 rings (SSSR count). The monoisotopic (exact) mass is 216 g/mol. The Morgan fingerprint density at radius 3 is 3.00 bits per heavy atom. The zero-order chi connectivity index (χ0) is 11.4. The van der Waals surface area contributed by atoms with E-state index in [1.54, 1.807) is 12.1 Å². The Hall–Kier alpha value is -1.82. The lowest BCUT2D eigenvalue weighted by molar-refractivity contribution is 0.623. The summed E-state index contributed by atoms with van der Waals surface area (Å²) < 4.78 is 13.3. The van der Waals surface area contributed by atoms with Gasteiger partial charge in [-0.25, -0.2) is 4.39 Å². The van der Waals surface area contributed by atoms with E-state index in [9.17, 15) is 4.39 Å². The van der Waals surface area contributed by atoms with Crippen LogP contribution >= 0.6 is 0 Å². The van der Waals surface area contributed by atoms with Crippen molar-refractivity contribution in [3.63, 3.8) is 0 Å². The summed E-state index contributed by atoms with van der Waals surface area (Å²) in [5.74, 6) is -0.465. The van der Waals surface area contributed by atoms with E-state index < -0.39 is 5.82 Å². The molecule has 0 bridgehead atoms. The van der Waals surface area contributed by atoms with Crippen molar-refractivity contribution in [3.8, 4) is 6.07 Å². The van der Waals surface area contributed by atoms with Crippen molar-refractivity contribution in [2.75, 3.05) is 5.32 Å². The maximum atomic E-state index is 13.3. The van der Waals surface area contributed by atoms with E-state index in [0.29, 0.717) is 5.69 Å². The number of benzene rings is 1. The molecule has 1 N–H and O–H groups in total. The molecule has 0 aromatic heterocycles. The molecule has 1 aromatic carbocycles. The van der Waals surface area contributed by atoms with Crippen LogP contribution in [-0.2, 0) is 0 Å². The van der Waals surface area contributed by atoms with Gasteiger partial charge >= 0.3 is 0 Å². The van der Waals surface area contributed by atoms with Crippen molar-refractivity contribution in [1.29, 1.82) is 5.26 Å². The summed E-state index contributed by atoms with van der Waals surface area (Å²) in [4.78, 5) is 0. The molecule has 0 saturated heterocycles. The molecule has 2 nitrogen and oxygen atoms in total. The molecule has 16 heavy (non-hydrogen) atoms. The lowest BCUT2D eigenvalue weighted by Gasteiger charge is -2.19. The Bertz CT molecular complexity index is 446. The van der Waals surface area contributed by atoms with Gasteiger partial charge in [0.15, 0.2) is 0 Å². The summed E-state index contributed by atoms with van der Waals surface area (Å²) >= 11 is 0. The molecule has 0 fully saturated rings. The second-order valence-electron chi connectivity index (χ2n) is 3.88. The van der Waals surface area contributed by atoms with Crippen molar-refractivity contribution < 1.29 is 4.39 Å². The maximum Gasteiger partial charge on any atom is 0.143 e. The molecule has 1 unspecified atom stereocenters. The Balaban J connectivity index is 2.21. The van der Waals surface area contributed by atoms with Gasteiger partial charge in [0.1, 0.15) is 17.4 Å². The van der Waals surface area contributed by atoms with Gasteiger partial charge in [-0.2, -0.15) is 5.26 Å². The highest BCUT2D eigenvalue weighted by Gasteiger charge is 2.12. The van der Waals surface area contributed by atoms with Crippen LogP contribution in [0.3, 0.4) is 0 Å². The molecule has 1 aliphatic rings. The summed E-state index contributed by atoms with van der Waals surface area (Å²) in [5.41, 5.74) is 0.681. The Morgan fingerprint density at radius 2 is 2.31 bits per heavy atom. The first-order valence-electron chi connectivity index (χ1n) is 5.43. The average Bonchev–Trinajstić information content (AvgIpc) is 2.31. The number of nitriles is 1. The van der Waals surface area contributed by atoms with Crippen LogP contribution in [0, 0.1) is 17.1 Å². The van der Waals surface area contributed by atoms with Crippen LogP contribution < -0.4 is 5.32 Å². The molecule has 0 amide bonds. The van der Waals surface area contributed by atoms with E-state index in [4.69, 9.17) is 5.26 Å². The maximum absolute atomic E-state index is 13.3. The first kappa shape index (κ1) is 10.7. The quantitative estimate of drug-likeness (QED) is 0.770. The molecule has 3 heteroatoms. The highest BCUT2D eigenvalue weighted by atomic mass is 19.1. The van der Waals surface area contributed by atoms with E-state index in [1.807, 2.05) is 6.07 Å². The number of hydrogen-bond acceptors (Lipinski definition) is 2. The van der Waals surface area contributed by atoms with Gasteiger partial charge in [0.2, 0.25) is 0 Å². The number of nitrogens with one attached hydrogen (secondary N) is 1. The second kappa shape index (κ2) is 4.80. The predicted molar refractivity (Wildman–Crippen MR) is 61.5 cm³/mol. The van der Waals surface area contributed by atoms with Crippen molar-refractivity contribution >= 4 is 5.69 Å². The summed E-state index contributed by atoms with van der Waals surface area (Å²) in [7, 11) is 0. The topological polar surface area (TPSA) is 35.8 Å². The highest BCUT2D eigenvalue weighted by molar-refractivity contribution is 5.58. The lowest BCUT2D eigenvalue weighted by Crippen LogP contribution is -2.19. The molecular weight excluding hydrogens is 203 g/mol. The van der Waals surface area contributed by atoms with E-state index in [-0.39, 0.29) is 11.6 Å². The fraction of sp³-hybridized carbons (Fsp3) is 0.308. The van der Waals surface area contributed by atoms with Gasteiger partial charge in [-0.3, -0.25) is 0 Å². The molecule has 1 atom stereocenters. The largest absolute Gasteiger partial charge is 0.378 e. The van der Waals surface area contributed by atoms with Crippen molar-refractivity contribution in [2.45, 2.75) is 25.3 Å². The van der Waals surface area contributed by atoms with Gasteiger partial charge < -0.3 is 5.32 Å². The predicted octanol–water partition coefficient (Wildman–Crippen LogP) is 3.22. The van der Waals surface area contributed by atoms with E-state index >= 15 is 0 Å². The summed E-state index contributed by atoms with van der Waals surface area (Å²) in [6.07, 6.45) is 7.46. The van der Waals surface area contributed by atoms with Crippen LogP contribution in [-0.4, -0.2) is 6.04 Å². The van der Waals surface area contributed by atoms with Crippen molar-refractivity contribution in [3.05, 3.63) is 41.7 Å². The van der Waals surface area contributed by atoms with Crippen LogP contribution in [0.1, 0.15) is 24.8 Å². The standard InChI is InChI=1S/C13H13FN2/c14-12-7-4-8-13(11(12)9-15)16-10-5-2-1-3-6-10/h2,4-5,7-8,10,16H,1,3,6H2. The smallest absolute Gasteiger partial charge is 0.143 e. The summed E-state index contributed by atoms with van der Waals surface area (Å²) in [6.45, 7) is 0. The van der Waals surface area contributed by atoms with Crippen LogP contribution in [0.25, 0.3) is 0 Å². The minimum Gasteiger partial charge on any atom is -0.378 e. The van der Waals surface area contributed by atoms with Gasteiger partial charge in [-0.1, -0.05) is 18.2 Å². The SMILES string of the molecule is N#Cc1c(F)cccc1NC1C=CCCC1. The van der Waals surface area contributed by atoms with Gasteiger partial charge in [0.05, 0.1) is 5.69 Å². The molecular formula is C13H13FN2. The van der Waals surface area contributed by atoms with Crippen molar-refractivity contribution in [1.82, 2.24) is 0 Å². The minimum absolute atomic E-state index is 0.0986. The Kier molecular flexibility index (Phi) is 3.21. The third kappa shape index (κ3) is 2.22. The van der Waals surface area contributed by atoms with E-state index in [2.05, 4.69) is 17.5 Å². The number of rotatable bonds is 2. The van der Waals surface area contributed by atoms with Crippen LogP contribution in [0.5, 0.6) is 0 Å². The van der Waals surface area contributed by atoms with Gasteiger partial charge in [0.25, 0.3) is 0 Å². The first-order chi connectivity index (χ1) is 7.81. The minimum atomic E-state index is -0.465. The van der Waals surface area contributed by atoms with E-state index in [0.717, 1.165) is 19.3 Å². The molecule has 82 valence electrons. The third-order valence-electron chi connectivity index (χ3n) is 2.72. The molecule has 0 aliphatic heterocycles. The molecule has 0 spiro atoms. The molecule has 0 saturated carbocycles. The van der Waals surface area contributed by atoms with Crippen LogP contribution in [0.4, 0.5) is 10.1 Å². The van der Waals surface area contributed by atoms with E-state index in [1.165, 1.54) is 6.07 Å². The molecule has 1 aliphatic carbocycles. The lowest BCUT2D eigenvalue weighted by atomic mass is 10.0. The molecule has 0 heterocycles. The van der Waals surface area contributed by atoms with Crippen molar-refractivity contribution in [2.24, 2.45) is 0 Å². The number of hydrogen-bond donors (Lipinski definition) is 1. The highest BCUT2D eigenvalue weighted by Crippen LogP contribution is 2.21. The fourth-order valence-corrected chi connectivity index (χ4v) is 1.89. The number of allylic oxidation sites excluding steroid dienone is 1. The fourth-order valence-electron chi connectivity index (χ4n) is 1.89. The zero-order valence-corrected chi connectivity index (χ0v) is 8.91. The van der Waals surface area contributed by atoms with Crippen LogP contribution in [0.2, 0.25) is 0 Å². The van der Waals surface area contributed by atoms with Gasteiger partial charge in [-0.05, 0) is 31.4 Å². The first-order valence-corrected chi connectivity index (χ1v) is 5.43. The normalized spacial score (nSPS) is 19.1. The third-order valence-corrected chi connectivity index (χ3v) is 2.72. The average molecular weight is 216 g/mol. The second-order valence-corrected chi connectivity index (χ2v) is 3.88. The van der Waals surface area contributed by atoms with Gasteiger partial charge in [-0.15, -0.1) is 0 Å². The summed E-state index contributed by atoms with van der Waals surface area (Å²) in [5, 5.41) is 12.1. The number of nitrogens with zero attached hydrogens (tertiary/aromatic N) is 1. The number of anilines is 1. The Morgan fingerprint density at radius 1 is 1.44 bits per heavy atom. The zero-order valence-electron chi connectivity index (χ0n) is 8.91. The van der Waals surface area contributed by atoms with Gasteiger partial charge in [0, 0.05) is 6.04 Å². The molecule has 0 radical (unpaired) electrons. The number of halogens is 1. The Labute approximate surface area is 94.4 Å². The van der Waals surface area contributed by atoms with Crippen LogP contribution in [0.15, 0.2) is 30.4 Å². The molecule has 1 aromatic rings. The summed E-state index contributed by atoms with van der Waals surface area (Å²) in [6, 6.07) is 6.76.